The predicted molar refractivity (Wildman–Crippen MR) is 147 cm³/mol. The van der Waals surface area contributed by atoms with E-state index in [-0.39, 0.29) is 29.6 Å². The summed E-state index contributed by atoms with van der Waals surface area (Å²) in [7, 11) is 1.24. The van der Waals surface area contributed by atoms with E-state index in [1.165, 1.54) is 49.6 Å². The van der Waals surface area contributed by atoms with Crippen LogP contribution < -0.4 is 5.32 Å². The number of nitro groups is 1. The van der Waals surface area contributed by atoms with E-state index in [1.807, 2.05) is 6.92 Å². The first-order chi connectivity index (χ1) is 19.5. The summed E-state index contributed by atoms with van der Waals surface area (Å²) in [5.41, 5.74) is 0.264. The van der Waals surface area contributed by atoms with Crippen molar-refractivity contribution in [1.82, 2.24) is 10.2 Å². The topological polar surface area (TPSA) is 128 Å². The van der Waals surface area contributed by atoms with E-state index >= 15 is 0 Å². The Morgan fingerprint density at radius 2 is 1.80 bits per heavy atom. The summed E-state index contributed by atoms with van der Waals surface area (Å²) in [5, 5.41) is 15.0. The number of nitrogens with zero attached hydrogens (tertiary/aromatic N) is 2. The Morgan fingerprint density at radius 3 is 2.39 bits per heavy atom. The molecule has 3 unspecified atom stereocenters. The molecule has 218 valence electrons. The Labute approximate surface area is 237 Å². The third-order valence-electron chi connectivity index (χ3n) is 8.13. The van der Waals surface area contributed by atoms with Crippen molar-refractivity contribution in [2.75, 3.05) is 26.8 Å². The molecule has 0 aromatic heterocycles. The quantitative estimate of drug-likeness (QED) is 0.214. The highest BCUT2D eigenvalue weighted by atomic mass is 19.1. The summed E-state index contributed by atoms with van der Waals surface area (Å²) in [5.74, 6) is -3.89. The van der Waals surface area contributed by atoms with E-state index in [0.29, 0.717) is 42.8 Å². The van der Waals surface area contributed by atoms with Crippen LogP contribution in [0.1, 0.15) is 55.5 Å². The number of carbonyl (C=O) groups excluding carboxylic acids is 3. The third kappa shape index (κ3) is 5.85. The molecule has 0 spiro atoms. The normalized spacial score (nSPS) is 23.4. The van der Waals surface area contributed by atoms with Crippen molar-refractivity contribution in [3.05, 3.63) is 86.9 Å². The molecular weight excluding hydrogens is 533 g/mol. The second kappa shape index (κ2) is 12.2. The fraction of sp³-hybridized carbons (Fsp3) is 0.433. The number of benzene rings is 2. The van der Waals surface area contributed by atoms with Gasteiger partial charge in [-0.05, 0) is 63.4 Å². The van der Waals surface area contributed by atoms with E-state index in [1.54, 1.807) is 19.9 Å². The van der Waals surface area contributed by atoms with Gasteiger partial charge in [-0.15, -0.1) is 0 Å². The van der Waals surface area contributed by atoms with Crippen molar-refractivity contribution in [3.63, 3.8) is 0 Å². The van der Waals surface area contributed by atoms with Crippen molar-refractivity contribution in [1.29, 1.82) is 0 Å². The van der Waals surface area contributed by atoms with Gasteiger partial charge in [-0.3, -0.25) is 24.6 Å². The molecule has 0 radical (unpaired) electrons. The van der Waals surface area contributed by atoms with Crippen molar-refractivity contribution in [2.45, 2.75) is 45.2 Å². The summed E-state index contributed by atoms with van der Waals surface area (Å²) >= 11 is 0. The van der Waals surface area contributed by atoms with Gasteiger partial charge in [-0.25, -0.2) is 9.18 Å². The van der Waals surface area contributed by atoms with Crippen LogP contribution in [0.2, 0.25) is 0 Å². The monoisotopic (exact) mass is 567 g/mol. The molecule has 2 aliphatic rings. The fourth-order valence-electron chi connectivity index (χ4n) is 6.16. The number of piperidine rings is 1. The minimum absolute atomic E-state index is 0.0631. The van der Waals surface area contributed by atoms with Gasteiger partial charge >= 0.3 is 11.9 Å². The van der Waals surface area contributed by atoms with E-state index in [0.717, 1.165) is 0 Å². The summed E-state index contributed by atoms with van der Waals surface area (Å²) < 4.78 is 24.0. The molecule has 10 nitrogen and oxygen atoms in total. The molecule has 0 bridgehead atoms. The summed E-state index contributed by atoms with van der Waals surface area (Å²) in [6.07, 6.45) is 0.994. The Hall–Kier alpha value is -4.12. The van der Waals surface area contributed by atoms with Crippen LogP contribution in [0.4, 0.5) is 10.1 Å². The van der Waals surface area contributed by atoms with Gasteiger partial charge in [0.1, 0.15) is 17.4 Å². The first kappa shape index (κ1) is 29.9. The van der Waals surface area contributed by atoms with Gasteiger partial charge in [0.15, 0.2) is 5.78 Å². The lowest BCUT2D eigenvalue weighted by atomic mass is 9.69. The zero-order valence-electron chi connectivity index (χ0n) is 23.5. The van der Waals surface area contributed by atoms with E-state index in [4.69, 9.17) is 9.47 Å². The van der Waals surface area contributed by atoms with Gasteiger partial charge < -0.3 is 14.8 Å². The number of hydrogen-bond acceptors (Lipinski definition) is 9. The lowest BCUT2D eigenvalue weighted by molar-refractivity contribution is -0.384. The number of ketones is 1. The standard InChI is InChI=1S/C30H34FN3O7/c1-5-41-29(37)26-25(21-7-6-8-23(17-21)34(38)39)24(28(36)40-4)18(2)32-30(26,3)33-15-13-20(14-16-33)27(35)19-9-11-22(31)12-10-19/h6-12,17,20,25-26,32H,5,13-16H2,1-4H3. The zero-order chi connectivity index (χ0) is 29.9. The van der Waals surface area contributed by atoms with Gasteiger partial charge in [0.25, 0.3) is 5.69 Å². The predicted octanol–water partition coefficient (Wildman–Crippen LogP) is 4.36. The number of nitro benzene ring substituents is 1. The molecule has 2 aromatic rings. The van der Waals surface area contributed by atoms with Gasteiger partial charge in [-0.1, -0.05) is 12.1 Å². The smallest absolute Gasteiger partial charge is 0.336 e. The van der Waals surface area contributed by atoms with Gasteiger partial charge in [0.2, 0.25) is 0 Å². The van der Waals surface area contributed by atoms with Crippen molar-refractivity contribution in [3.8, 4) is 0 Å². The number of carbonyl (C=O) groups is 3. The van der Waals surface area contributed by atoms with Crippen LogP contribution in [-0.4, -0.2) is 60.0 Å². The number of methoxy groups -OCH3 is 1. The molecule has 4 rings (SSSR count). The van der Waals surface area contributed by atoms with Crippen LogP contribution in [-0.2, 0) is 19.1 Å². The molecule has 0 amide bonds. The minimum atomic E-state index is -1.08. The van der Waals surface area contributed by atoms with Gasteiger partial charge in [0.05, 0.1) is 24.2 Å². The third-order valence-corrected chi connectivity index (χ3v) is 8.13. The molecule has 2 aromatic carbocycles. The Morgan fingerprint density at radius 1 is 1.15 bits per heavy atom. The zero-order valence-corrected chi connectivity index (χ0v) is 23.5. The maximum Gasteiger partial charge on any atom is 0.336 e. The second-order valence-electron chi connectivity index (χ2n) is 10.5. The Balaban J connectivity index is 1.74. The Kier molecular flexibility index (Phi) is 8.86. The van der Waals surface area contributed by atoms with Crippen molar-refractivity contribution in [2.24, 2.45) is 11.8 Å². The van der Waals surface area contributed by atoms with E-state index in [2.05, 4.69) is 10.2 Å². The SMILES string of the molecule is CCOC(=O)C1C(c2cccc([N+](=O)[O-])c2)C(C(=O)OC)=C(C)NC1(C)N1CCC(C(=O)c2ccc(F)cc2)CC1. The fourth-order valence-corrected chi connectivity index (χ4v) is 6.16. The van der Waals surface area contributed by atoms with Crippen molar-refractivity contribution < 1.29 is 33.2 Å². The number of likely N-dealkylation sites (tertiary alicyclic amines) is 1. The number of halogens is 1. The number of ether oxygens (including phenoxy) is 2. The maximum atomic E-state index is 13.7. The lowest BCUT2D eigenvalue weighted by Crippen LogP contribution is -2.68. The highest BCUT2D eigenvalue weighted by Crippen LogP contribution is 2.47. The van der Waals surface area contributed by atoms with Crippen LogP contribution in [0.5, 0.6) is 0 Å². The largest absolute Gasteiger partial charge is 0.466 e. The average molecular weight is 568 g/mol. The minimum Gasteiger partial charge on any atom is -0.466 e. The molecule has 1 saturated heterocycles. The number of hydrogen-bond donors (Lipinski definition) is 1. The number of allylic oxidation sites excluding steroid dienone is 1. The van der Waals surface area contributed by atoms with E-state index in [9.17, 15) is 28.9 Å². The molecule has 3 atom stereocenters. The summed E-state index contributed by atoms with van der Waals surface area (Å²) in [4.78, 5) is 53.1. The van der Waals surface area contributed by atoms with Crippen LogP contribution >= 0.6 is 0 Å². The van der Waals surface area contributed by atoms with Gasteiger partial charge in [-0.2, -0.15) is 0 Å². The highest BCUT2D eigenvalue weighted by Gasteiger charge is 2.55. The van der Waals surface area contributed by atoms with Crippen LogP contribution in [0.15, 0.2) is 59.8 Å². The molecule has 0 saturated carbocycles. The van der Waals surface area contributed by atoms with Crippen LogP contribution in [0.25, 0.3) is 0 Å². The molecule has 0 aliphatic carbocycles. The first-order valence-electron chi connectivity index (χ1n) is 13.5. The maximum absolute atomic E-state index is 13.7. The molecule has 2 aliphatic heterocycles. The number of non-ortho nitro benzene ring substituents is 1. The Bertz CT molecular complexity index is 1370. The highest BCUT2D eigenvalue weighted by molar-refractivity contribution is 5.98. The summed E-state index contributed by atoms with van der Waals surface area (Å²) in [6.45, 7) is 6.22. The van der Waals surface area contributed by atoms with Crippen LogP contribution in [0.3, 0.4) is 0 Å². The van der Waals surface area contributed by atoms with E-state index < -0.39 is 40.2 Å². The molecule has 2 heterocycles. The average Bonchev–Trinajstić information content (AvgIpc) is 2.96. The number of rotatable bonds is 8. The molecular formula is C30H34FN3O7. The first-order valence-corrected chi connectivity index (χ1v) is 13.5. The summed E-state index contributed by atoms with van der Waals surface area (Å²) in [6, 6.07) is 11.4. The molecule has 41 heavy (non-hydrogen) atoms. The molecule has 11 heteroatoms. The number of esters is 2. The lowest BCUT2D eigenvalue weighted by Gasteiger charge is -2.53. The van der Waals surface area contributed by atoms with Crippen LogP contribution in [0, 0.1) is 27.8 Å². The number of Topliss-reactive ketones (excluding diaryl/α,β-unsaturated/α-hetero) is 1. The van der Waals surface area contributed by atoms with Crippen molar-refractivity contribution >= 4 is 23.4 Å². The molecule has 1 fully saturated rings. The second-order valence-corrected chi connectivity index (χ2v) is 10.5. The number of nitrogens with one attached hydrogen (secondary N) is 1. The van der Waals surface area contributed by atoms with Gasteiger partial charge in [0, 0.05) is 48.3 Å². The molecule has 1 N–H and O–H groups in total.